The summed E-state index contributed by atoms with van der Waals surface area (Å²) in [5.74, 6) is -1.01. The van der Waals surface area contributed by atoms with Gasteiger partial charge in [-0.15, -0.1) is 11.3 Å². The number of rotatable bonds is 6. The zero-order valence-electron chi connectivity index (χ0n) is 13.8. The number of nitrogens with two attached hydrogens (primary N) is 1. The lowest BCUT2D eigenvalue weighted by Crippen LogP contribution is -2.30. The molecule has 27 heavy (non-hydrogen) atoms. The lowest BCUT2D eigenvalue weighted by atomic mass is 10.2. The van der Waals surface area contributed by atoms with Gasteiger partial charge in [-0.2, -0.15) is 0 Å². The van der Waals surface area contributed by atoms with Gasteiger partial charge in [0.1, 0.15) is 5.56 Å². The Morgan fingerprint density at radius 2 is 2.04 bits per heavy atom. The minimum atomic E-state index is -1.01. The van der Waals surface area contributed by atoms with Crippen molar-refractivity contribution in [3.8, 4) is 0 Å². The molecule has 0 aliphatic heterocycles. The predicted octanol–water partition coefficient (Wildman–Crippen LogP) is 2.60. The molecule has 0 saturated carbocycles. The van der Waals surface area contributed by atoms with Gasteiger partial charge in [0, 0.05) is 22.9 Å². The molecule has 0 bridgehead atoms. The molecule has 2 heterocycles. The quantitative estimate of drug-likeness (QED) is 0.500. The summed E-state index contributed by atoms with van der Waals surface area (Å²) in [5, 5.41) is 14.3. The molecule has 2 aromatic heterocycles. The largest absolute Gasteiger partial charge is 0.365 e. The number of nitrogens with zero attached hydrogens (tertiary/aromatic N) is 3. The molecule has 10 heteroatoms. The van der Waals surface area contributed by atoms with E-state index in [1.54, 1.807) is 17.5 Å². The van der Waals surface area contributed by atoms with Crippen molar-refractivity contribution in [2.45, 2.75) is 13.0 Å². The van der Waals surface area contributed by atoms with Crippen LogP contribution in [0.4, 0.5) is 5.69 Å². The monoisotopic (exact) mass is 404 g/mol. The molecule has 0 fully saturated rings. The van der Waals surface area contributed by atoms with Gasteiger partial charge in [0.25, 0.3) is 17.2 Å². The van der Waals surface area contributed by atoms with Crippen LogP contribution >= 0.6 is 22.9 Å². The number of amides is 1. The van der Waals surface area contributed by atoms with Crippen LogP contribution in [0.15, 0.2) is 46.7 Å². The number of primary amides is 1. The highest BCUT2D eigenvalue weighted by Gasteiger charge is 2.18. The minimum absolute atomic E-state index is 0.00207. The molecule has 0 saturated heterocycles. The highest BCUT2D eigenvalue weighted by atomic mass is 35.5. The molecule has 0 atom stereocenters. The van der Waals surface area contributed by atoms with E-state index in [1.807, 2.05) is 12.1 Å². The third-order valence-electron chi connectivity index (χ3n) is 3.75. The average Bonchev–Trinajstić information content (AvgIpc) is 3.05. The standard InChI is InChI=1S/C17H13ClN4O4S/c18-11-3-1-10(2-4-11)5-15-20-12(9-27-15)7-21-8-13(22(25)26)6-14(16(19)23)17(21)24/h1-4,6,8-9H,5,7H2,(H2,19,23). The van der Waals surface area contributed by atoms with Crippen LogP contribution in [0.1, 0.15) is 26.6 Å². The molecule has 0 unspecified atom stereocenters. The number of hydrogen-bond donors (Lipinski definition) is 1. The van der Waals surface area contributed by atoms with Crippen LogP contribution in [0, 0.1) is 10.1 Å². The van der Waals surface area contributed by atoms with Crippen molar-refractivity contribution in [1.82, 2.24) is 9.55 Å². The molecule has 0 radical (unpaired) electrons. The van der Waals surface area contributed by atoms with E-state index in [1.165, 1.54) is 11.3 Å². The molecule has 138 valence electrons. The summed E-state index contributed by atoms with van der Waals surface area (Å²) in [7, 11) is 0. The smallest absolute Gasteiger partial charge is 0.286 e. The predicted molar refractivity (Wildman–Crippen MR) is 101 cm³/mol. The average molecular weight is 405 g/mol. The van der Waals surface area contributed by atoms with Gasteiger partial charge >= 0.3 is 0 Å². The Kier molecular flexibility index (Phi) is 5.33. The minimum Gasteiger partial charge on any atom is -0.365 e. The summed E-state index contributed by atoms with van der Waals surface area (Å²) >= 11 is 7.28. The molecule has 3 aromatic rings. The zero-order chi connectivity index (χ0) is 19.6. The molecular weight excluding hydrogens is 392 g/mol. The van der Waals surface area contributed by atoms with E-state index in [9.17, 15) is 19.7 Å². The van der Waals surface area contributed by atoms with Gasteiger partial charge in [0.15, 0.2) is 0 Å². The van der Waals surface area contributed by atoms with Crippen LogP contribution in [0.25, 0.3) is 0 Å². The van der Waals surface area contributed by atoms with Crippen molar-refractivity contribution < 1.29 is 9.72 Å². The van der Waals surface area contributed by atoms with E-state index in [0.29, 0.717) is 17.1 Å². The molecular formula is C17H13ClN4O4S. The summed E-state index contributed by atoms with van der Waals surface area (Å²) in [6.07, 6.45) is 1.67. The van der Waals surface area contributed by atoms with Crippen molar-refractivity contribution in [2.24, 2.45) is 5.73 Å². The number of nitro groups is 1. The number of thiazole rings is 1. The Hall–Kier alpha value is -3.04. The second-order valence-electron chi connectivity index (χ2n) is 5.70. The van der Waals surface area contributed by atoms with E-state index in [2.05, 4.69) is 4.98 Å². The molecule has 2 N–H and O–H groups in total. The fraction of sp³-hybridized carbons (Fsp3) is 0.118. The van der Waals surface area contributed by atoms with E-state index < -0.39 is 22.0 Å². The van der Waals surface area contributed by atoms with Gasteiger partial charge in [0.05, 0.1) is 28.4 Å². The Morgan fingerprint density at radius 3 is 2.67 bits per heavy atom. The molecule has 0 aliphatic rings. The summed E-state index contributed by atoms with van der Waals surface area (Å²) in [6.45, 7) is -0.00207. The Morgan fingerprint density at radius 1 is 1.33 bits per heavy atom. The Bertz CT molecular complexity index is 1080. The van der Waals surface area contributed by atoms with Crippen LogP contribution < -0.4 is 11.3 Å². The van der Waals surface area contributed by atoms with Crippen LogP contribution in [0.2, 0.25) is 5.02 Å². The van der Waals surface area contributed by atoms with E-state index in [0.717, 1.165) is 27.4 Å². The molecule has 8 nitrogen and oxygen atoms in total. The third-order valence-corrected chi connectivity index (χ3v) is 4.90. The second-order valence-corrected chi connectivity index (χ2v) is 7.08. The number of carbonyl (C=O) groups excluding carboxylic acids is 1. The first-order valence-corrected chi connectivity index (χ1v) is 8.95. The highest BCUT2D eigenvalue weighted by molar-refractivity contribution is 7.09. The first-order chi connectivity index (χ1) is 12.8. The van der Waals surface area contributed by atoms with Crippen LogP contribution in [0.5, 0.6) is 0 Å². The van der Waals surface area contributed by atoms with Crippen molar-refractivity contribution >= 4 is 34.5 Å². The first kappa shape index (κ1) is 18.7. The third kappa shape index (κ3) is 4.39. The maximum atomic E-state index is 12.3. The summed E-state index contributed by atoms with van der Waals surface area (Å²) < 4.78 is 1.07. The number of halogens is 1. The van der Waals surface area contributed by atoms with Gasteiger partial charge in [-0.05, 0) is 17.7 Å². The maximum Gasteiger partial charge on any atom is 0.286 e. The molecule has 0 aliphatic carbocycles. The normalized spacial score (nSPS) is 10.7. The number of aromatic nitrogens is 2. The van der Waals surface area contributed by atoms with Crippen LogP contribution in [-0.2, 0) is 13.0 Å². The maximum absolute atomic E-state index is 12.3. The summed E-state index contributed by atoms with van der Waals surface area (Å²) in [4.78, 5) is 38.5. The fourth-order valence-corrected chi connectivity index (χ4v) is 3.41. The lowest BCUT2D eigenvalue weighted by Gasteiger charge is -2.05. The second kappa shape index (κ2) is 7.68. The molecule has 1 aromatic carbocycles. The Balaban J connectivity index is 1.86. The lowest BCUT2D eigenvalue weighted by molar-refractivity contribution is -0.385. The van der Waals surface area contributed by atoms with Crippen molar-refractivity contribution in [3.05, 3.63) is 89.2 Å². The number of carbonyl (C=O) groups is 1. The van der Waals surface area contributed by atoms with Crippen molar-refractivity contribution in [2.75, 3.05) is 0 Å². The highest BCUT2D eigenvalue weighted by Crippen LogP contribution is 2.18. The van der Waals surface area contributed by atoms with Crippen LogP contribution in [-0.4, -0.2) is 20.4 Å². The number of hydrogen-bond acceptors (Lipinski definition) is 6. The summed E-state index contributed by atoms with van der Waals surface area (Å²) in [5.41, 5.74) is 5.22. The van der Waals surface area contributed by atoms with Crippen molar-refractivity contribution in [1.29, 1.82) is 0 Å². The van der Waals surface area contributed by atoms with Gasteiger partial charge in [-0.25, -0.2) is 4.98 Å². The van der Waals surface area contributed by atoms with E-state index >= 15 is 0 Å². The number of pyridine rings is 1. The van der Waals surface area contributed by atoms with Crippen molar-refractivity contribution in [3.63, 3.8) is 0 Å². The van der Waals surface area contributed by atoms with Gasteiger partial charge < -0.3 is 10.3 Å². The van der Waals surface area contributed by atoms with Gasteiger partial charge in [0.2, 0.25) is 0 Å². The SMILES string of the molecule is NC(=O)c1cc([N+](=O)[O-])cn(Cc2csc(Cc3ccc(Cl)cc3)n2)c1=O. The van der Waals surface area contributed by atoms with Gasteiger partial charge in [-0.1, -0.05) is 23.7 Å². The molecule has 1 amide bonds. The van der Waals surface area contributed by atoms with E-state index in [4.69, 9.17) is 17.3 Å². The summed E-state index contributed by atoms with van der Waals surface area (Å²) in [6, 6.07) is 8.26. The number of benzene rings is 1. The molecule has 0 spiro atoms. The van der Waals surface area contributed by atoms with Gasteiger partial charge in [-0.3, -0.25) is 19.7 Å². The van der Waals surface area contributed by atoms with Crippen LogP contribution in [0.3, 0.4) is 0 Å². The zero-order valence-corrected chi connectivity index (χ0v) is 15.4. The topological polar surface area (TPSA) is 121 Å². The first-order valence-electron chi connectivity index (χ1n) is 7.70. The molecule has 3 rings (SSSR count). The Labute approximate surface area is 162 Å². The fourth-order valence-electron chi connectivity index (χ4n) is 2.47. The van der Waals surface area contributed by atoms with E-state index in [-0.39, 0.29) is 12.2 Å².